The van der Waals surface area contributed by atoms with E-state index in [1.807, 2.05) is 17.0 Å². The fraction of sp³-hybridized carbons (Fsp3) is 0.300. The molecule has 0 bridgehead atoms. The first-order valence-corrected chi connectivity index (χ1v) is 9.91. The third-order valence-corrected chi connectivity index (χ3v) is 5.56. The highest BCUT2D eigenvalue weighted by Gasteiger charge is 2.15. The van der Waals surface area contributed by atoms with E-state index in [4.69, 9.17) is 10.2 Å². The van der Waals surface area contributed by atoms with E-state index in [0.29, 0.717) is 0 Å². The van der Waals surface area contributed by atoms with Crippen molar-refractivity contribution in [1.82, 2.24) is 14.8 Å². The van der Waals surface area contributed by atoms with Gasteiger partial charge < -0.3 is 4.90 Å². The van der Waals surface area contributed by atoms with E-state index in [2.05, 4.69) is 60.0 Å². The van der Waals surface area contributed by atoms with Crippen molar-refractivity contribution in [3.63, 3.8) is 0 Å². The number of nitrogens with zero attached hydrogens (tertiary/aromatic N) is 4. The van der Waals surface area contributed by atoms with Crippen molar-refractivity contribution >= 4 is 17.6 Å². The molecule has 0 saturated carbocycles. The van der Waals surface area contributed by atoms with Crippen LogP contribution >= 0.6 is 11.3 Å². The Balaban J connectivity index is 1.58. The number of benzene rings is 1. The summed E-state index contributed by atoms with van der Waals surface area (Å²) in [5.41, 5.74) is 3.34. The summed E-state index contributed by atoms with van der Waals surface area (Å²) in [6.07, 6.45) is 4.08. The molecule has 3 heterocycles. The number of hydrogen-bond donors (Lipinski definition) is 1. The Morgan fingerprint density at radius 1 is 1.15 bits per heavy atom. The highest BCUT2D eigenvalue weighted by atomic mass is 32.1. The second-order valence-electron chi connectivity index (χ2n) is 6.75. The quantitative estimate of drug-likeness (QED) is 0.700. The molecule has 2 aromatic heterocycles. The van der Waals surface area contributed by atoms with Gasteiger partial charge in [0.2, 0.25) is 0 Å². The van der Waals surface area contributed by atoms with Gasteiger partial charge in [0.25, 0.3) is 0 Å². The number of thiophene rings is 1. The monoisotopic (exact) mass is 366 g/mol. The number of piperazine rings is 1. The minimum Gasteiger partial charge on any atom is -0.334 e. The van der Waals surface area contributed by atoms with Crippen LogP contribution in [0.15, 0.2) is 59.1 Å². The molecule has 0 unspecified atom stereocenters. The van der Waals surface area contributed by atoms with Crippen LogP contribution in [0.3, 0.4) is 0 Å². The molecule has 1 aliphatic rings. The SMILES string of the molecule is C[NH+]1CCN(/N=C\c2cn(Cc3ccccc3)nc2-c2cccs2)CC1. The van der Waals surface area contributed by atoms with E-state index in [0.717, 1.165) is 44.0 Å². The smallest absolute Gasteiger partial charge is 0.111 e. The molecule has 1 fully saturated rings. The summed E-state index contributed by atoms with van der Waals surface area (Å²) >= 11 is 1.72. The summed E-state index contributed by atoms with van der Waals surface area (Å²) in [6, 6.07) is 14.6. The van der Waals surface area contributed by atoms with Gasteiger partial charge in [-0.05, 0) is 17.0 Å². The van der Waals surface area contributed by atoms with Gasteiger partial charge in [-0.25, -0.2) is 0 Å². The van der Waals surface area contributed by atoms with Crippen molar-refractivity contribution in [2.75, 3.05) is 33.2 Å². The molecule has 0 radical (unpaired) electrons. The number of nitrogens with one attached hydrogen (secondary N) is 1. The van der Waals surface area contributed by atoms with E-state index < -0.39 is 0 Å². The van der Waals surface area contributed by atoms with Crippen LogP contribution in [-0.4, -0.2) is 54.2 Å². The third-order valence-electron chi connectivity index (χ3n) is 4.69. The number of aromatic nitrogens is 2. The van der Waals surface area contributed by atoms with E-state index >= 15 is 0 Å². The van der Waals surface area contributed by atoms with E-state index in [1.165, 1.54) is 10.4 Å². The summed E-state index contributed by atoms with van der Waals surface area (Å²) < 4.78 is 2.01. The summed E-state index contributed by atoms with van der Waals surface area (Å²) in [6.45, 7) is 5.07. The molecule has 4 rings (SSSR count). The minimum atomic E-state index is 0.769. The van der Waals surface area contributed by atoms with Crippen molar-refractivity contribution < 1.29 is 4.90 Å². The maximum absolute atomic E-state index is 4.84. The first kappa shape index (κ1) is 17.0. The molecule has 26 heavy (non-hydrogen) atoms. The minimum absolute atomic E-state index is 0.769. The number of hydrogen-bond acceptors (Lipinski definition) is 4. The second kappa shape index (κ2) is 7.85. The summed E-state index contributed by atoms with van der Waals surface area (Å²) in [5, 5.41) is 13.8. The first-order valence-electron chi connectivity index (χ1n) is 9.03. The van der Waals surface area contributed by atoms with Gasteiger partial charge >= 0.3 is 0 Å². The molecule has 1 N–H and O–H groups in total. The lowest BCUT2D eigenvalue weighted by molar-refractivity contribution is -0.884. The Hall–Kier alpha value is -2.44. The molecule has 0 atom stereocenters. The Morgan fingerprint density at radius 2 is 1.96 bits per heavy atom. The fourth-order valence-corrected chi connectivity index (χ4v) is 3.85. The highest BCUT2D eigenvalue weighted by molar-refractivity contribution is 7.13. The average Bonchev–Trinajstić information content (AvgIpc) is 3.32. The van der Waals surface area contributed by atoms with Gasteiger partial charge in [0.15, 0.2) is 0 Å². The number of hydrazone groups is 1. The van der Waals surface area contributed by atoms with Gasteiger partial charge in [-0.15, -0.1) is 11.3 Å². The lowest BCUT2D eigenvalue weighted by atomic mass is 10.2. The topological polar surface area (TPSA) is 37.9 Å². The van der Waals surface area contributed by atoms with Crippen LogP contribution in [0.25, 0.3) is 10.6 Å². The van der Waals surface area contributed by atoms with Crippen LogP contribution in [0, 0.1) is 0 Å². The number of rotatable bonds is 5. The van der Waals surface area contributed by atoms with Gasteiger partial charge in [0.1, 0.15) is 5.69 Å². The van der Waals surface area contributed by atoms with Crippen molar-refractivity contribution in [1.29, 1.82) is 0 Å². The summed E-state index contributed by atoms with van der Waals surface area (Å²) in [7, 11) is 2.24. The lowest BCUT2D eigenvalue weighted by Crippen LogP contribution is -3.11. The molecular formula is C20H24N5S+. The number of likely N-dealkylation sites (N-methyl/N-ethyl adjacent to an activating group) is 1. The predicted molar refractivity (Wildman–Crippen MR) is 107 cm³/mol. The molecule has 3 aromatic rings. The molecule has 0 amide bonds. The lowest BCUT2D eigenvalue weighted by Gasteiger charge is -2.27. The summed E-state index contributed by atoms with van der Waals surface area (Å²) in [4.78, 5) is 2.76. The molecule has 1 aromatic carbocycles. The average molecular weight is 367 g/mol. The standard InChI is InChI=1S/C20H23N5S/c1-23-9-11-24(12-10-23)21-14-18-16-25(15-17-6-3-2-4-7-17)22-20(18)19-8-5-13-26-19/h2-8,13-14,16H,9-12,15H2,1H3/p+1/b21-14-. The molecule has 0 aliphatic carbocycles. The molecule has 5 nitrogen and oxygen atoms in total. The Morgan fingerprint density at radius 3 is 2.69 bits per heavy atom. The van der Waals surface area contributed by atoms with E-state index in [-0.39, 0.29) is 0 Å². The first-order chi connectivity index (χ1) is 12.8. The van der Waals surface area contributed by atoms with Crippen LogP contribution < -0.4 is 4.90 Å². The van der Waals surface area contributed by atoms with Gasteiger partial charge in [-0.2, -0.15) is 10.2 Å². The zero-order valence-corrected chi connectivity index (χ0v) is 15.8. The van der Waals surface area contributed by atoms with Crippen LogP contribution in [0.1, 0.15) is 11.1 Å². The van der Waals surface area contributed by atoms with Gasteiger partial charge in [0.05, 0.1) is 50.9 Å². The van der Waals surface area contributed by atoms with Crippen molar-refractivity contribution in [2.24, 2.45) is 5.10 Å². The fourth-order valence-electron chi connectivity index (χ4n) is 3.12. The number of quaternary nitrogens is 1. The Bertz CT molecular complexity index is 846. The van der Waals surface area contributed by atoms with Gasteiger partial charge in [-0.1, -0.05) is 36.4 Å². The summed E-state index contributed by atoms with van der Waals surface area (Å²) in [5.74, 6) is 0. The maximum Gasteiger partial charge on any atom is 0.111 e. The van der Waals surface area contributed by atoms with Crippen LogP contribution in [0.5, 0.6) is 0 Å². The molecule has 1 aliphatic heterocycles. The normalized spacial score (nSPS) is 15.8. The molecule has 0 spiro atoms. The molecular weight excluding hydrogens is 342 g/mol. The van der Waals surface area contributed by atoms with Crippen molar-refractivity contribution in [2.45, 2.75) is 6.54 Å². The van der Waals surface area contributed by atoms with E-state index in [9.17, 15) is 0 Å². The molecule has 134 valence electrons. The molecule has 6 heteroatoms. The largest absolute Gasteiger partial charge is 0.334 e. The Labute approximate surface area is 158 Å². The second-order valence-corrected chi connectivity index (χ2v) is 7.70. The van der Waals surface area contributed by atoms with E-state index in [1.54, 1.807) is 16.2 Å². The Kier molecular flexibility index (Phi) is 5.13. The van der Waals surface area contributed by atoms with Crippen molar-refractivity contribution in [3.8, 4) is 10.6 Å². The third kappa shape index (κ3) is 4.03. The zero-order chi connectivity index (χ0) is 17.8. The zero-order valence-electron chi connectivity index (χ0n) is 15.0. The van der Waals surface area contributed by atoms with Gasteiger partial charge in [-0.3, -0.25) is 9.69 Å². The van der Waals surface area contributed by atoms with Crippen LogP contribution in [0.2, 0.25) is 0 Å². The molecule has 1 saturated heterocycles. The maximum atomic E-state index is 4.84. The predicted octanol–water partition coefficient (Wildman–Crippen LogP) is 1.82. The van der Waals surface area contributed by atoms with Crippen LogP contribution in [-0.2, 0) is 6.54 Å². The van der Waals surface area contributed by atoms with Crippen molar-refractivity contribution in [3.05, 3.63) is 65.2 Å². The highest BCUT2D eigenvalue weighted by Crippen LogP contribution is 2.26. The van der Waals surface area contributed by atoms with Gasteiger partial charge in [0, 0.05) is 11.8 Å². The van der Waals surface area contributed by atoms with Crippen LogP contribution in [0.4, 0.5) is 0 Å².